The first kappa shape index (κ1) is 21.0. The van der Waals surface area contributed by atoms with Crippen LogP contribution in [0.3, 0.4) is 0 Å². The Bertz CT molecular complexity index is 1020. The molecule has 1 aliphatic heterocycles. The number of aliphatic imine (C=N–C) groups is 1. The van der Waals surface area contributed by atoms with E-state index in [0.29, 0.717) is 48.8 Å². The molecule has 1 atom stereocenters. The zero-order valence-corrected chi connectivity index (χ0v) is 17.9. The molecule has 3 aromatic rings. The van der Waals surface area contributed by atoms with Crippen LogP contribution in [0, 0.1) is 0 Å². The maximum Gasteiger partial charge on any atom is 0.228 e. The number of hydrogen-bond donors (Lipinski definition) is 2. The molecule has 1 unspecified atom stereocenters. The molecule has 162 valence electrons. The Balaban J connectivity index is 1.28. The topological polar surface area (TPSA) is 93.8 Å². The van der Waals surface area contributed by atoms with Gasteiger partial charge < -0.3 is 24.6 Å². The summed E-state index contributed by atoms with van der Waals surface area (Å²) in [4.78, 5) is 9.05. The molecule has 9 heteroatoms. The highest BCUT2D eigenvalue weighted by molar-refractivity contribution is 6.30. The summed E-state index contributed by atoms with van der Waals surface area (Å²) in [6.45, 7) is 4.31. The van der Waals surface area contributed by atoms with Gasteiger partial charge >= 0.3 is 0 Å². The van der Waals surface area contributed by atoms with Crippen LogP contribution in [0.4, 0.5) is 0 Å². The van der Waals surface area contributed by atoms with Crippen molar-refractivity contribution in [1.29, 1.82) is 0 Å². The van der Waals surface area contributed by atoms with Gasteiger partial charge in [0, 0.05) is 30.1 Å². The van der Waals surface area contributed by atoms with E-state index < -0.39 is 0 Å². The number of benzene rings is 2. The molecule has 0 saturated heterocycles. The number of halogens is 1. The molecule has 8 nitrogen and oxygen atoms in total. The smallest absolute Gasteiger partial charge is 0.228 e. The number of rotatable bonds is 7. The molecule has 0 aliphatic carbocycles. The molecule has 0 spiro atoms. The first-order valence-electron chi connectivity index (χ1n) is 10.2. The lowest BCUT2D eigenvalue weighted by Gasteiger charge is -2.25. The van der Waals surface area contributed by atoms with Crippen LogP contribution >= 0.6 is 11.6 Å². The summed E-state index contributed by atoms with van der Waals surface area (Å²) in [7, 11) is 0. The van der Waals surface area contributed by atoms with E-state index in [9.17, 15) is 0 Å². The van der Waals surface area contributed by atoms with Gasteiger partial charge in [0.1, 0.15) is 6.61 Å². The predicted octanol–water partition coefficient (Wildman–Crippen LogP) is 3.33. The van der Waals surface area contributed by atoms with E-state index >= 15 is 0 Å². The molecule has 4 rings (SSSR count). The first-order valence-corrected chi connectivity index (χ1v) is 10.6. The number of para-hydroxylation sites is 2. The van der Waals surface area contributed by atoms with Gasteiger partial charge in [0.25, 0.3) is 0 Å². The van der Waals surface area contributed by atoms with E-state index in [1.54, 1.807) is 12.1 Å². The van der Waals surface area contributed by atoms with E-state index in [0.717, 1.165) is 23.6 Å². The fraction of sp³-hybridized carbons (Fsp3) is 0.318. The molecule has 31 heavy (non-hydrogen) atoms. The number of hydrogen-bond acceptors (Lipinski definition) is 6. The van der Waals surface area contributed by atoms with Crippen LogP contribution in [0.1, 0.15) is 12.8 Å². The number of ether oxygens (including phenoxy) is 2. The first-order chi connectivity index (χ1) is 15.2. The molecule has 2 aromatic carbocycles. The van der Waals surface area contributed by atoms with Crippen molar-refractivity contribution in [2.24, 2.45) is 4.99 Å². The minimum atomic E-state index is -0.136. The summed E-state index contributed by atoms with van der Waals surface area (Å²) in [5.41, 5.74) is 0.860. The molecule has 1 aliphatic rings. The normalized spacial score (nSPS) is 15.5. The minimum Gasteiger partial charge on any atom is -0.486 e. The second kappa shape index (κ2) is 10.2. The van der Waals surface area contributed by atoms with Gasteiger partial charge in [-0.2, -0.15) is 4.98 Å². The van der Waals surface area contributed by atoms with Crippen molar-refractivity contribution in [2.45, 2.75) is 19.4 Å². The lowest BCUT2D eigenvalue weighted by atomic mass is 10.2. The van der Waals surface area contributed by atoms with Crippen LogP contribution < -0.4 is 20.1 Å². The van der Waals surface area contributed by atoms with Crippen LogP contribution in [0.25, 0.3) is 11.4 Å². The predicted molar refractivity (Wildman–Crippen MR) is 119 cm³/mol. The summed E-state index contributed by atoms with van der Waals surface area (Å²) in [5, 5.41) is 11.2. The van der Waals surface area contributed by atoms with Gasteiger partial charge in [-0.25, -0.2) is 4.99 Å². The summed E-state index contributed by atoms with van der Waals surface area (Å²) in [6, 6.07) is 15.0. The fourth-order valence-electron chi connectivity index (χ4n) is 3.05. The number of aromatic nitrogens is 2. The van der Waals surface area contributed by atoms with Gasteiger partial charge in [0.2, 0.25) is 11.7 Å². The molecule has 0 bridgehead atoms. The largest absolute Gasteiger partial charge is 0.486 e. The Hall–Kier alpha value is -3.26. The average Bonchev–Trinajstić information content (AvgIpc) is 3.26. The summed E-state index contributed by atoms with van der Waals surface area (Å²) < 4.78 is 17.0. The molecular weight excluding hydrogens is 418 g/mol. The second-order valence-corrected chi connectivity index (χ2v) is 7.35. The van der Waals surface area contributed by atoms with Gasteiger partial charge in [0.05, 0.1) is 6.54 Å². The third kappa shape index (κ3) is 5.67. The van der Waals surface area contributed by atoms with Crippen molar-refractivity contribution in [2.75, 3.05) is 26.2 Å². The van der Waals surface area contributed by atoms with E-state index in [2.05, 4.69) is 25.8 Å². The van der Waals surface area contributed by atoms with E-state index in [1.165, 1.54) is 0 Å². The van der Waals surface area contributed by atoms with Crippen molar-refractivity contribution in [3.63, 3.8) is 0 Å². The zero-order valence-electron chi connectivity index (χ0n) is 17.2. The number of fused-ring (bicyclic) bond motifs is 1. The molecule has 0 amide bonds. The van der Waals surface area contributed by atoms with Crippen LogP contribution in [0.2, 0.25) is 5.02 Å². The van der Waals surface area contributed by atoms with Gasteiger partial charge in [0.15, 0.2) is 23.6 Å². The third-order valence-corrected chi connectivity index (χ3v) is 4.82. The Morgan fingerprint density at radius 1 is 1.13 bits per heavy atom. The number of guanidine groups is 1. The van der Waals surface area contributed by atoms with E-state index in [1.807, 2.05) is 43.3 Å². The maximum atomic E-state index is 5.96. The highest BCUT2D eigenvalue weighted by Crippen LogP contribution is 2.30. The SMILES string of the molecule is CCNC(=NCC1COc2ccccc2O1)NCCc1nc(-c2ccc(Cl)cc2)no1. The molecule has 0 radical (unpaired) electrons. The van der Waals surface area contributed by atoms with Crippen molar-refractivity contribution < 1.29 is 14.0 Å². The van der Waals surface area contributed by atoms with Crippen LogP contribution in [-0.4, -0.2) is 48.4 Å². The molecule has 2 N–H and O–H groups in total. The van der Waals surface area contributed by atoms with Crippen LogP contribution in [0.5, 0.6) is 11.5 Å². The van der Waals surface area contributed by atoms with Crippen molar-refractivity contribution in [3.8, 4) is 22.9 Å². The standard InChI is InChI=1S/C22H24ClN5O3/c1-2-24-22(26-13-17-14-29-18-5-3-4-6-19(18)30-17)25-12-11-20-27-21(28-31-20)15-7-9-16(23)10-8-15/h3-10,17H,2,11-14H2,1H3,(H2,24,25,26). The Kier molecular flexibility index (Phi) is 6.89. The highest BCUT2D eigenvalue weighted by Gasteiger charge is 2.20. The summed E-state index contributed by atoms with van der Waals surface area (Å²) >= 11 is 5.92. The van der Waals surface area contributed by atoms with Gasteiger partial charge in [-0.05, 0) is 43.3 Å². The average molecular weight is 442 g/mol. The highest BCUT2D eigenvalue weighted by atomic mass is 35.5. The van der Waals surface area contributed by atoms with Crippen molar-refractivity contribution >= 4 is 17.6 Å². The fourth-order valence-corrected chi connectivity index (χ4v) is 3.17. The van der Waals surface area contributed by atoms with Gasteiger partial charge in [-0.15, -0.1) is 0 Å². The summed E-state index contributed by atoms with van der Waals surface area (Å²) in [5.74, 6) is 3.31. The summed E-state index contributed by atoms with van der Waals surface area (Å²) in [6.07, 6.45) is 0.435. The van der Waals surface area contributed by atoms with E-state index in [-0.39, 0.29) is 6.10 Å². The molecular formula is C22H24ClN5O3. The Labute approximate surface area is 185 Å². The second-order valence-electron chi connectivity index (χ2n) is 6.91. The monoisotopic (exact) mass is 441 g/mol. The zero-order chi connectivity index (χ0) is 21.5. The van der Waals surface area contributed by atoms with Gasteiger partial charge in [-0.1, -0.05) is 28.9 Å². The quantitative estimate of drug-likeness (QED) is 0.429. The molecule has 1 aromatic heterocycles. The Morgan fingerprint density at radius 2 is 1.94 bits per heavy atom. The molecule has 0 fully saturated rings. The van der Waals surface area contributed by atoms with Crippen LogP contribution in [0.15, 0.2) is 58.0 Å². The number of nitrogens with one attached hydrogen (secondary N) is 2. The molecule has 2 heterocycles. The van der Waals surface area contributed by atoms with Crippen molar-refractivity contribution in [1.82, 2.24) is 20.8 Å². The molecule has 0 saturated carbocycles. The third-order valence-electron chi connectivity index (χ3n) is 4.57. The van der Waals surface area contributed by atoms with Gasteiger partial charge in [-0.3, -0.25) is 0 Å². The Morgan fingerprint density at radius 3 is 2.74 bits per heavy atom. The van der Waals surface area contributed by atoms with Crippen LogP contribution in [-0.2, 0) is 6.42 Å². The van der Waals surface area contributed by atoms with Crippen molar-refractivity contribution in [3.05, 3.63) is 59.4 Å². The van der Waals surface area contributed by atoms with E-state index in [4.69, 9.17) is 25.6 Å². The number of nitrogens with zero attached hydrogens (tertiary/aromatic N) is 3. The minimum absolute atomic E-state index is 0.136. The maximum absolute atomic E-state index is 5.96. The lowest BCUT2D eigenvalue weighted by Crippen LogP contribution is -2.40. The lowest BCUT2D eigenvalue weighted by molar-refractivity contribution is 0.0971.